The third-order valence-corrected chi connectivity index (χ3v) is 5.58. The molecule has 2 saturated heterocycles. The SMILES string of the molecule is O=C(c1ccc(OCC2CCOCC2)nc1)N1CCN(c2ccccc2O)CC1. The summed E-state index contributed by atoms with van der Waals surface area (Å²) in [4.78, 5) is 21.0. The number of aromatic hydroxyl groups is 1. The van der Waals surface area contributed by atoms with Crippen molar-refractivity contribution in [1.82, 2.24) is 9.88 Å². The maximum Gasteiger partial charge on any atom is 0.255 e. The normalized spacial score (nSPS) is 17.9. The Balaban J connectivity index is 1.29. The van der Waals surface area contributed by atoms with Gasteiger partial charge < -0.3 is 24.4 Å². The Morgan fingerprint density at radius 3 is 2.55 bits per heavy atom. The molecule has 1 N–H and O–H groups in total. The topological polar surface area (TPSA) is 75.1 Å². The second-order valence-corrected chi connectivity index (χ2v) is 7.52. The van der Waals surface area contributed by atoms with Gasteiger partial charge in [-0.15, -0.1) is 0 Å². The quantitative estimate of drug-likeness (QED) is 0.836. The first kappa shape index (κ1) is 19.5. The molecule has 4 rings (SSSR count). The van der Waals surface area contributed by atoms with Crippen molar-refractivity contribution in [3.05, 3.63) is 48.2 Å². The number of piperazine rings is 1. The van der Waals surface area contributed by atoms with Crippen molar-refractivity contribution in [3.8, 4) is 11.6 Å². The van der Waals surface area contributed by atoms with Gasteiger partial charge in [0.1, 0.15) is 5.75 Å². The minimum Gasteiger partial charge on any atom is -0.506 e. The number of anilines is 1. The number of phenolic OH excluding ortho intramolecular Hbond substituents is 1. The second kappa shape index (κ2) is 9.13. The number of rotatable bonds is 5. The molecular formula is C22H27N3O4. The van der Waals surface area contributed by atoms with E-state index in [1.54, 1.807) is 24.4 Å². The number of phenols is 1. The molecule has 1 aromatic carbocycles. The number of amides is 1. The fourth-order valence-corrected chi connectivity index (χ4v) is 3.77. The van der Waals surface area contributed by atoms with Crippen LogP contribution in [0.1, 0.15) is 23.2 Å². The van der Waals surface area contributed by atoms with Gasteiger partial charge in [0.15, 0.2) is 0 Å². The smallest absolute Gasteiger partial charge is 0.255 e. The maximum atomic E-state index is 12.8. The van der Waals surface area contributed by atoms with Crippen LogP contribution in [0.5, 0.6) is 11.6 Å². The van der Waals surface area contributed by atoms with Crippen LogP contribution in [0.25, 0.3) is 0 Å². The first-order valence-electron chi connectivity index (χ1n) is 10.2. The first-order valence-corrected chi connectivity index (χ1v) is 10.2. The third kappa shape index (κ3) is 4.79. The molecule has 1 amide bonds. The number of ether oxygens (including phenoxy) is 2. The van der Waals surface area contributed by atoms with Crippen LogP contribution in [-0.2, 0) is 4.74 Å². The first-order chi connectivity index (χ1) is 14.2. The Kier molecular flexibility index (Phi) is 6.14. The van der Waals surface area contributed by atoms with Gasteiger partial charge in [-0.3, -0.25) is 4.79 Å². The van der Waals surface area contributed by atoms with Gasteiger partial charge in [0, 0.05) is 51.7 Å². The van der Waals surface area contributed by atoms with Crippen molar-refractivity contribution >= 4 is 11.6 Å². The number of carbonyl (C=O) groups is 1. The molecule has 2 fully saturated rings. The molecule has 0 unspecified atom stereocenters. The number of carbonyl (C=O) groups excluding carboxylic acids is 1. The molecular weight excluding hydrogens is 370 g/mol. The molecule has 29 heavy (non-hydrogen) atoms. The van der Waals surface area contributed by atoms with E-state index in [1.165, 1.54) is 0 Å². The standard InChI is InChI=1S/C22H27N3O4/c26-20-4-2-1-3-19(20)24-9-11-25(12-10-24)22(27)18-5-6-21(23-15-18)29-16-17-7-13-28-14-8-17/h1-6,15,17,26H,7-14,16H2. The van der Waals surface area contributed by atoms with Gasteiger partial charge in [-0.1, -0.05) is 12.1 Å². The van der Waals surface area contributed by atoms with Crippen LogP contribution < -0.4 is 9.64 Å². The fourth-order valence-electron chi connectivity index (χ4n) is 3.77. The Morgan fingerprint density at radius 1 is 1.10 bits per heavy atom. The van der Waals surface area contributed by atoms with E-state index in [2.05, 4.69) is 9.88 Å². The molecule has 0 saturated carbocycles. The summed E-state index contributed by atoms with van der Waals surface area (Å²) in [5.41, 5.74) is 1.38. The molecule has 0 aliphatic carbocycles. The van der Waals surface area contributed by atoms with Crippen molar-refractivity contribution in [2.75, 3.05) is 50.9 Å². The lowest BCUT2D eigenvalue weighted by Gasteiger charge is -2.36. The highest BCUT2D eigenvalue weighted by molar-refractivity contribution is 5.94. The summed E-state index contributed by atoms with van der Waals surface area (Å²) in [6.07, 6.45) is 3.63. The summed E-state index contributed by atoms with van der Waals surface area (Å²) in [5.74, 6) is 1.31. The molecule has 0 radical (unpaired) electrons. The molecule has 0 atom stereocenters. The zero-order valence-electron chi connectivity index (χ0n) is 16.5. The van der Waals surface area contributed by atoms with E-state index in [1.807, 2.05) is 23.1 Å². The summed E-state index contributed by atoms with van der Waals surface area (Å²) in [7, 11) is 0. The van der Waals surface area contributed by atoms with E-state index in [-0.39, 0.29) is 11.7 Å². The summed E-state index contributed by atoms with van der Waals surface area (Å²) in [5, 5.41) is 10.0. The molecule has 3 heterocycles. The minimum absolute atomic E-state index is 0.0228. The second-order valence-electron chi connectivity index (χ2n) is 7.52. The third-order valence-electron chi connectivity index (χ3n) is 5.58. The number of benzene rings is 1. The van der Waals surface area contributed by atoms with Crippen LogP contribution >= 0.6 is 0 Å². The molecule has 2 aliphatic heterocycles. The molecule has 0 spiro atoms. The number of nitrogens with zero attached hydrogens (tertiary/aromatic N) is 3. The number of para-hydroxylation sites is 2. The zero-order valence-corrected chi connectivity index (χ0v) is 16.5. The van der Waals surface area contributed by atoms with E-state index >= 15 is 0 Å². The molecule has 0 bridgehead atoms. The monoisotopic (exact) mass is 397 g/mol. The van der Waals surface area contributed by atoms with Crippen molar-refractivity contribution < 1.29 is 19.4 Å². The molecule has 2 aromatic rings. The number of pyridine rings is 1. The summed E-state index contributed by atoms with van der Waals surface area (Å²) in [6.45, 7) is 4.81. The lowest BCUT2D eigenvalue weighted by Crippen LogP contribution is -2.48. The Morgan fingerprint density at radius 2 is 1.86 bits per heavy atom. The van der Waals surface area contributed by atoms with E-state index in [4.69, 9.17) is 9.47 Å². The van der Waals surface area contributed by atoms with Gasteiger partial charge in [-0.25, -0.2) is 4.98 Å². The van der Waals surface area contributed by atoms with Crippen LogP contribution in [0, 0.1) is 5.92 Å². The minimum atomic E-state index is -0.0228. The highest BCUT2D eigenvalue weighted by Gasteiger charge is 2.23. The number of hydrogen-bond acceptors (Lipinski definition) is 6. The Hall–Kier alpha value is -2.80. The van der Waals surface area contributed by atoms with Gasteiger partial charge in [0.2, 0.25) is 5.88 Å². The maximum absolute atomic E-state index is 12.8. The van der Waals surface area contributed by atoms with Crippen LogP contribution in [0.2, 0.25) is 0 Å². The number of aromatic nitrogens is 1. The lowest BCUT2D eigenvalue weighted by molar-refractivity contribution is 0.0490. The van der Waals surface area contributed by atoms with Crippen LogP contribution in [-0.4, -0.2) is 66.9 Å². The average Bonchev–Trinajstić information content (AvgIpc) is 2.79. The molecule has 1 aromatic heterocycles. The molecule has 2 aliphatic rings. The van der Waals surface area contributed by atoms with Gasteiger partial charge >= 0.3 is 0 Å². The van der Waals surface area contributed by atoms with Crippen molar-refractivity contribution in [2.24, 2.45) is 5.92 Å². The Bertz CT molecular complexity index is 813. The van der Waals surface area contributed by atoms with Gasteiger partial charge in [0.05, 0.1) is 17.9 Å². The van der Waals surface area contributed by atoms with Crippen LogP contribution in [0.3, 0.4) is 0 Å². The molecule has 154 valence electrons. The van der Waals surface area contributed by atoms with Crippen LogP contribution in [0.4, 0.5) is 5.69 Å². The van der Waals surface area contributed by atoms with E-state index < -0.39 is 0 Å². The lowest BCUT2D eigenvalue weighted by atomic mass is 10.0. The van der Waals surface area contributed by atoms with E-state index in [0.717, 1.165) is 31.7 Å². The number of hydrogen-bond donors (Lipinski definition) is 1. The highest BCUT2D eigenvalue weighted by atomic mass is 16.5. The summed E-state index contributed by atoms with van der Waals surface area (Å²) < 4.78 is 11.1. The summed E-state index contributed by atoms with van der Waals surface area (Å²) in [6, 6.07) is 10.8. The van der Waals surface area contributed by atoms with Crippen molar-refractivity contribution in [3.63, 3.8) is 0 Å². The highest BCUT2D eigenvalue weighted by Crippen LogP contribution is 2.27. The molecule has 7 nitrogen and oxygen atoms in total. The van der Waals surface area contributed by atoms with Crippen molar-refractivity contribution in [1.29, 1.82) is 0 Å². The van der Waals surface area contributed by atoms with Gasteiger partial charge in [-0.2, -0.15) is 0 Å². The fraction of sp³-hybridized carbons (Fsp3) is 0.455. The summed E-state index contributed by atoms with van der Waals surface area (Å²) >= 11 is 0. The zero-order chi connectivity index (χ0) is 20.1. The average molecular weight is 397 g/mol. The van der Waals surface area contributed by atoms with Crippen LogP contribution in [0.15, 0.2) is 42.6 Å². The predicted octanol–water partition coefficient (Wildman–Crippen LogP) is 2.56. The van der Waals surface area contributed by atoms with E-state index in [9.17, 15) is 9.90 Å². The Labute approximate surface area is 170 Å². The van der Waals surface area contributed by atoms with Gasteiger partial charge in [0.25, 0.3) is 5.91 Å². The predicted molar refractivity (Wildman–Crippen MR) is 109 cm³/mol. The molecule has 7 heteroatoms. The van der Waals surface area contributed by atoms with Gasteiger partial charge in [-0.05, 0) is 37.0 Å². The van der Waals surface area contributed by atoms with Crippen molar-refractivity contribution in [2.45, 2.75) is 12.8 Å². The van der Waals surface area contributed by atoms with E-state index in [0.29, 0.717) is 50.1 Å². The largest absolute Gasteiger partial charge is 0.506 e.